The average molecular weight is 464 g/mol. The normalized spacial score (nSPS) is 16.2. The van der Waals surface area contributed by atoms with Crippen LogP contribution in [0.2, 0.25) is 0 Å². The first-order valence-corrected chi connectivity index (χ1v) is 12.1. The molecule has 0 atom stereocenters. The summed E-state index contributed by atoms with van der Waals surface area (Å²) in [6.45, 7) is 1.72. The van der Waals surface area contributed by atoms with Crippen LogP contribution in [0, 0.1) is 0 Å². The number of benzene rings is 2. The zero-order valence-electron chi connectivity index (χ0n) is 20.0. The second-order valence-corrected chi connectivity index (χ2v) is 9.18. The van der Waals surface area contributed by atoms with Crippen molar-refractivity contribution >= 4 is 23.4 Å². The van der Waals surface area contributed by atoms with Gasteiger partial charge in [0.05, 0.1) is 6.61 Å². The third-order valence-corrected chi connectivity index (χ3v) is 6.65. The Morgan fingerprint density at radius 3 is 2.41 bits per heavy atom. The number of aryl methyl sites for hydroxylation is 1. The zero-order valence-corrected chi connectivity index (χ0v) is 20.0. The van der Waals surface area contributed by atoms with Gasteiger partial charge in [0.1, 0.15) is 5.75 Å². The fourth-order valence-corrected chi connectivity index (χ4v) is 4.69. The number of hydrogen-bond acceptors (Lipinski definition) is 4. The van der Waals surface area contributed by atoms with Crippen molar-refractivity contribution in [1.82, 2.24) is 9.80 Å². The first-order chi connectivity index (χ1) is 16.4. The highest BCUT2D eigenvalue weighted by Crippen LogP contribution is 2.32. The van der Waals surface area contributed by atoms with Gasteiger partial charge in [-0.3, -0.25) is 14.4 Å². The number of carbonyl (C=O) groups is 3. The van der Waals surface area contributed by atoms with Gasteiger partial charge in [0, 0.05) is 57.3 Å². The van der Waals surface area contributed by atoms with E-state index in [0.29, 0.717) is 50.3 Å². The second kappa shape index (κ2) is 10.7. The Balaban J connectivity index is 1.28. The fourth-order valence-electron chi connectivity index (χ4n) is 4.69. The number of carbonyl (C=O) groups excluding carboxylic acids is 3. The molecule has 0 bridgehead atoms. The number of rotatable bonds is 7. The zero-order chi connectivity index (χ0) is 24.1. The summed E-state index contributed by atoms with van der Waals surface area (Å²) in [5.41, 5.74) is 2.89. The Labute approximate surface area is 201 Å². The SMILES string of the molecule is CN(C)C(=O)CCCOc1ccc(C(=O)N2CCC(N3C(=O)CCc4ccccc43)CC2)cc1. The van der Waals surface area contributed by atoms with E-state index >= 15 is 0 Å². The van der Waals surface area contributed by atoms with Crippen LogP contribution in [0.25, 0.3) is 0 Å². The number of anilines is 1. The van der Waals surface area contributed by atoms with E-state index in [-0.39, 0.29) is 23.8 Å². The summed E-state index contributed by atoms with van der Waals surface area (Å²) in [5.74, 6) is 0.967. The van der Waals surface area contributed by atoms with E-state index in [1.807, 2.05) is 28.0 Å². The number of ether oxygens (including phenoxy) is 1. The third kappa shape index (κ3) is 5.41. The molecule has 0 radical (unpaired) electrons. The Kier molecular flexibility index (Phi) is 7.50. The molecule has 3 amide bonds. The van der Waals surface area contributed by atoms with Gasteiger partial charge in [-0.05, 0) is 61.6 Å². The van der Waals surface area contributed by atoms with Crippen molar-refractivity contribution in [1.29, 1.82) is 0 Å². The molecule has 1 saturated heterocycles. The molecule has 180 valence electrons. The highest BCUT2D eigenvalue weighted by molar-refractivity contribution is 5.97. The maximum absolute atomic E-state index is 13.0. The van der Waals surface area contributed by atoms with Crippen LogP contribution in [-0.2, 0) is 16.0 Å². The molecule has 0 N–H and O–H groups in total. The summed E-state index contributed by atoms with van der Waals surface area (Å²) in [5, 5.41) is 0. The standard InChI is InChI=1S/C27H33N3O4/c1-28(2)25(31)8-5-19-34-23-12-9-21(10-13-23)27(33)29-17-15-22(16-18-29)30-24-7-4-3-6-20(24)11-14-26(30)32/h3-4,6-7,9-10,12-13,22H,5,8,11,14-19H2,1-2H3. The van der Waals surface area contributed by atoms with Gasteiger partial charge in [-0.15, -0.1) is 0 Å². The van der Waals surface area contributed by atoms with Crippen LogP contribution in [0.4, 0.5) is 5.69 Å². The number of para-hydroxylation sites is 1. The molecule has 2 aliphatic heterocycles. The Morgan fingerprint density at radius 2 is 1.71 bits per heavy atom. The third-order valence-electron chi connectivity index (χ3n) is 6.65. The summed E-state index contributed by atoms with van der Waals surface area (Å²) in [6.07, 6.45) is 4.01. The van der Waals surface area contributed by atoms with Crippen molar-refractivity contribution in [3.8, 4) is 5.75 Å². The van der Waals surface area contributed by atoms with Crippen LogP contribution in [0.1, 0.15) is 48.0 Å². The van der Waals surface area contributed by atoms with E-state index in [1.165, 1.54) is 5.56 Å². The van der Waals surface area contributed by atoms with E-state index in [0.717, 1.165) is 24.9 Å². The lowest BCUT2D eigenvalue weighted by Crippen LogP contribution is -2.50. The summed E-state index contributed by atoms with van der Waals surface area (Å²) in [7, 11) is 3.49. The van der Waals surface area contributed by atoms with E-state index in [9.17, 15) is 14.4 Å². The Morgan fingerprint density at radius 1 is 1.00 bits per heavy atom. The quantitative estimate of drug-likeness (QED) is 0.589. The van der Waals surface area contributed by atoms with Crippen molar-refractivity contribution in [3.63, 3.8) is 0 Å². The minimum Gasteiger partial charge on any atom is -0.494 e. The topological polar surface area (TPSA) is 70.2 Å². The highest BCUT2D eigenvalue weighted by Gasteiger charge is 2.33. The van der Waals surface area contributed by atoms with Gasteiger partial charge < -0.3 is 19.4 Å². The van der Waals surface area contributed by atoms with Gasteiger partial charge >= 0.3 is 0 Å². The molecular formula is C27H33N3O4. The molecule has 0 unspecified atom stereocenters. The molecular weight excluding hydrogens is 430 g/mol. The predicted octanol–water partition coefficient (Wildman–Crippen LogP) is 3.52. The molecule has 2 aromatic rings. The molecule has 2 heterocycles. The van der Waals surface area contributed by atoms with Crippen molar-refractivity contribution in [2.75, 3.05) is 38.7 Å². The van der Waals surface area contributed by atoms with Crippen molar-refractivity contribution in [2.45, 2.75) is 44.6 Å². The van der Waals surface area contributed by atoms with Crippen molar-refractivity contribution < 1.29 is 19.1 Å². The fraction of sp³-hybridized carbons (Fsp3) is 0.444. The maximum atomic E-state index is 13.0. The van der Waals surface area contributed by atoms with Gasteiger partial charge in [0.15, 0.2) is 0 Å². The Hall–Kier alpha value is -3.35. The first kappa shape index (κ1) is 23.8. The predicted molar refractivity (Wildman–Crippen MR) is 131 cm³/mol. The molecule has 0 saturated carbocycles. The first-order valence-electron chi connectivity index (χ1n) is 12.1. The summed E-state index contributed by atoms with van der Waals surface area (Å²) >= 11 is 0. The van der Waals surface area contributed by atoms with Crippen LogP contribution in [0.3, 0.4) is 0 Å². The van der Waals surface area contributed by atoms with Crippen LogP contribution < -0.4 is 9.64 Å². The van der Waals surface area contributed by atoms with E-state index in [2.05, 4.69) is 6.07 Å². The number of likely N-dealkylation sites (tertiary alicyclic amines) is 1. The monoisotopic (exact) mass is 463 g/mol. The van der Waals surface area contributed by atoms with Gasteiger partial charge in [-0.2, -0.15) is 0 Å². The number of amides is 3. The minimum atomic E-state index is 0.00644. The summed E-state index contributed by atoms with van der Waals surface area (Å²) < 4.78 is 5.70. The molecule has 0 spiro atoms. The summed E-state index contributed by atoms with van der Waals surface area (Å²) in [6, 6.07) is 15.5. The average Bonchev–Trinajstić information content (AvgIpc) is 2.86. The number of fused-ring (bicyclic) bond motifs is 1. The summed E-state index contributed by atoms with van der Waals surface area (Å²) in [4.78, 5) is 42.8. The van der Waals surface area contributed by atoms with Crippen LogP contribution in [0.15, 0.2) is 48.5 Å². The molecule has 2 aliphatic rings. The largest absolute Gasteiger partial charge is 0.494 e. The van der Waals surface area contributed by atoms with Crippen LogP contribution in [-0.4, -0.2) is 67.4 Å². The molecule has 2 aromatic carbocycles. The van der Waals surface area contributed by atoms with Crippen molar-refractivity contribution in [2.24, 2.45) is 0 Å². The molecule has 1 fully saturated rings. The molecule has 7 heteroatoms. The molecule has 0 aromatic heterocycles. The molecule has 4 rings (SSSR count). The maximum Gasteiger partial charge on any atom is 0.253 e. The second-order valence-electron chi connectivity index (χ2n) is 9.18. The van der Waals surface area contributed by atoms with Crippen molar-refractivity contribution in [3.05, 3.63) is 59.7 Å². The number of piperidine rings is 1. The van der Waals surface area contributed by atoms with E-state index < -0.39 is 0 Å². The molecule has 0 aliphatic carbocycles. The lowest BCUT2D eigenvalue weighted by molar-refractivity contribution is -0.128. The van der Waals surface area contributed by atoms with Gasteiger partial charge in [-0.25, -0.2) is 0 Å². The smallest absolute Gasteiger partial charge is 0.253 e. The van der Waals surface area contributed by atoms with E-state index in [1.54, 1.807) is 43.3 Å². The minimum absolute atomic E-state index is 0.00644. The Bertz CT molecular complexity index is 1030. The van der Waals surface area contributed by atoms with Crippen LogP contribution in [0.5, 0.6) is 5.75 Å². The lowest BCUT2D eigenvalue weighted by Gasteiger charge is -2.41. The number of hydrogen-bond donors (Lipinski definition) is 0. The van der Waals surface area contributed by atoms with Gasteiger partial charge in [0.25, 0.3) is 5.91 Å². The lowest BCUT2D eigenvalue weighted by atomic mass is 9.95. The number of nitrogens with zero attached hydrogens (tertiary/aromatic N) is 3. The van der Waals surface area contributed by atoms with E-state index in [4.69, 9.17) is 4.74 Å². The molecule has 7 nitrogen and oxygen atoms in total. The molecule has 34 heavy (non-hydrogen) atoms. The van der Waals surface area contributed by atoms with Crippen LogP contribution >= 0.6 is 0 Å². The highest BCUT2D eigenvalue weighted by atomic mass is 16.5. The van der Waals surface area contributed by atoms with Gasteiger partial charge in [0.2, 0.25) is 11.8 Å². The van der Waals surface area contributed by atoms with Gasteiger partial charge in [-0.1, -0.05) is 18.2 Å².